The minimum atomic E-state index is -0.436. The second kappa shape index (κ2) is 10.8. The fourth-order valence-corrected chi connectivity index (χ4v) is 4.55. The van der Waals surface area contributed by atoms with Crippen molar-refractivity contribution in [3.05, 3.63) is 113 Å². The Hall–Kier alpha value is -4.28. The van der Waals surface area contributed by atoms with Gasteiger partial charge in [-0.1, -0.05) is 72.4 Å². The fraction of sp³-hybridized carbons (Fsp3) is 0.0714. The Balaban J connectivity index is 1.78. The summed E-state index contributed by atoms with van der Waals surface area (Å²) in [5.41, 5.74) is 2.78. The summed E-state index contributed by atoms with van der Waals surface area (Å²) < 4.78 is 13.7. The number of aromatic nitrogens is 1. The summed E-state index contributed by atoms with van der Waals surface area (Å²) in [6, 6.07) is 25.5. The SMILES string of the molecule is Cc1nc(SCC(=O)c2ccccc2)c(C#N)c(-c2ccc(F)cc2)c1C(=O)Nc1ccccc1. The molecule has 0 aliphatic heterocycles. The first-order chi connectivity index (χ1) is 17.0. The summed E-state index contributed by atoms with van der Waals surface area (Å²) in [5, 5.41) is 13.3. The van der Waals surface area contributed by atoms with Crippen molar-refractivity contribution in [2.24, 2.45) is 0 Å². The second-order valence-electron chi connectivity index (χ2n) is 7.64. The van der Waals surface area contributed by atoms with Crippen molar-refractivity contribution in [1.29, 1.82) is 5.26 Å². The molecule has 4 aromatic rings. The summed E-state index contributed by atoms with van der Waals surface area (Å²) in [6.07, 6.45) is 0. The second-order valence-corrected chi connectivity index (χ2v) is 8.61. The van der Waals surface area contributed by atoms with E-state index in [-0.39, 0.29) is 22.7 Å². The van der Waals surface area contributed by atoms with Crippen LogP contribution < -0.4 is 5.32 Å². The number of aryl methyl sites for hydroxylation is 1. The first-order valence-electron chi connectivity index (χ1n) is 10.8. The van der Waals surface area contributed by atoms with E-state index in [1.54, 1.807) is 55.5 Å². The first-order valence-corrected chi connectivity index (χ1v) is 11.7. The molecular weight excluding hydrogens is 461 g/mol. The van der Waals surface area contributed by atoms with Gasteiger partial charge in [0, 0.05) is 16.8 Å². The van der Waals surface area contributed by atoms with Gasteiger partial charge in [-0.3, -0.25) is 9.59 Å². The number of anilines is 1. The molecule has 1 amide bonds. The summed E-state index contributed by atoms with van der Waals surface area (Å²) in [4.78, 5) is 30.5. The molecule has 0 saturated heterocycles. The molecule has 1 aromatic heterocycles. The van der Waals surface area contributed by atoms with Gasteiger partial charge < -0.3 is 5.32 Å². The summed E-state index contributed by atoms with van der Waals surface area (Å²) >= 11 is 1.14. The molecule has 0 aliphatic rings. The molecule has 3 aromatic carbocycles. The highest BCUT2D eigenvalue weighted by Gasteiger charge is 2.25. The van der Waals surface area contributed by atoms with Crippen molar-refractivity contribution in [3.8, 4) is 17.2 Å². The number of rotatable bonds is 7. The van der Waals surface area contributed by atoms with Gasteiger partial charge in [-0.25, -0.2) is 9.37 Å². The third-order valence-corrected chi connectivity index (χ3v) is 6.26. The van der Waals surface area contributed by atoms with Crippen molar-refractivity contribution < 1.29 is 14.0 Å². The standard InChI is InChI=1S/C28H20FN3O2S/c1-18-25(27(34)32-22-10-6-3-7-11-22)26(20-12-14-21(29)15-13-20)23(16-30)28(31-18)35-17-24(33)19-8-4-2-5-9-19/h2-15H,17H2,1H3,(H,32,34). The molecule has 7 heteroatoms. The average Bonchev–Trinajstić information content (AvgIpc) is 2.88. The molecule has 0 spiro atoms. The molecule has 4 rings (SSSR count). The van der Waals surface area contributed by atoms with Gasteiger partial charge >= 0.3 is 0 Å². The number of nitrogens with zero attached hydrogens (tertiary/aromatic N) is 2. The van der Waals surface area contributed by atoms with Gasteiger partial charge in [0.2, 0.25) is 0 Å². The van der Waals surface area contributed by atoms with Crippen molar-refractivity contribution in [2.75, 3.05) is 11.1 Å². The van der Waals surface area contributed by atoms with E-state index in [0.717, 1.165) is 11.8 Å². The number of halogens is 1. The maximum absolute atomic E-state index is 13.7. The number of hydrogen-bond donors (Lipinski definition) is 1. The van der Waals surface area contributed by atoms with Crippen LogP contribution in [0.2, 0.25) is 0 Å². The van der Waals surface area contributed by atoms with Gasteiger partial charge in [-0.15, -0.1) is 0 Å². The topological polar surface area (TPSA) is 82.8 Å². The van der Waals surface area contributed by atoms with Gasteiger partial charge in [0.15, 0.2) is 5.78 Å². The van der Waals surface area contributed by atoms with Crippen LogP contribution in [0.3, 0.4) is 0 Å². The van der Waals surface area contributed by atoms with Gasteiger partial charge in [-0.05, 0) is 36.8 Å². The van der Waals surface area contributed by atoms with E-state index in [9.17, 15) is 19.2 Å². The number of Topliss-reactive ketones (excluding diaryl/α,β-unsaturated/α-hetero) is 1. The summed E-state index contributed by atoms with van der Waals surface area (Å²) in [6.45, 7) is 1.68. The number of pyridine rings is 1. The Bertz CT molecular complexity index is 1420. The maximum atomic E-state index is 13.7. The first kappa shape index (κ1) is 23.9. The molecule has 35 heavy (non-hydrogen) atoms. The zero-order valence-electron chi connectivity index (χ0n) is 18.8. The summed E-state index contributed by atoms with van der Waals surface area (Å²) in [5.74, 6) is -0.901. The average molecular weight is 482 g/mol. The van der Waals surface area contributed by atoms with E-state index in [4.69, 9.17) is 0 Å². The number of carbonyl (C=O) groups excluding carboxylic acids is 2. The monoisotopic (exact) mass is 481 g/mol. The molecule has 0 fully saturated rings. The predicted molar refractivity (Wildman–Crippen MR) is 135 cm³/mol. The molecule has 0 aliphatic carbocycles. The molecule has 1 heterocycles. The lowest BCUT2D eigenvalue weighted by atomic mass is 9.94. The molecule has 0 atom stereocenters. The van der Waals surface area contributed by atoms with Crippen LogP contribution in [0.4, 0.5) is 10.1 Å². The smallest absolute Gasteiger partial charge is 0.258 e. The number of nitrogens with one attached hydrogen (secondary N) is 1. The van der Waals surface area contributed by atoms with Crippen LogP contribution in [0, 0.1) is 24.1 Å². The fourth-order valence-electron chi connectivity index (χ4n) is 3.62. The van der Waals surface area contributed by atoms with Gasteiger partial charge in [0.05, 0.1) is 22.6 Å². The molecular formula is C28H20FN3O2S. The van der Waals surface area contributed by atoms with Crippen LogP contribution in [0.5, 0.6) is 0 Å². The molecule has 172 valence electrons. The zero-order valence-corrected chi connectivity index (χ0v) is 19.6. The van der Waals surface area contributed by atoms with E-state index < -0.39 is 11.7 Å². The lowest BCUT2D eigenvalue weighted by molar-refractivity contribution is 0.101. The quantitative estimate of drug-likeness (QED) is 0.248. The number of benzene rings is 3. The maximum Gasteiger partial charge on any atom is 0.258 e. The number of thioether (sulfide) groups is 1. The minimum Gasteiger partial charge on any atom is -0.322 e. The number of amides is 1. The Labute approximate surface area is 206 Å². The lowest BCUT2D eigenvalue weighted by Gasteiger charge is -2.17. The Morgan fingerprint density at radius 3 is 2.23 bits per heavy atom. The molecule has 0 saturated carbocycles. The van der Waals surface area contributed by atoms with E-state index in [1.807, 2.05) is 12.1 Å². The largest absolute Gasteiger partial charge is 0.322 e. The van der Waals surface area contributed by atoms with Crippen LogP contribution in [-0.4, -0.2) is 22.4 Å². The number of hydrogen-bond acceptors (Lipinski definition) is 5. The van der Waals surface area contributed by atoms with E-state index in [1.165, 1.54) is 24.3 Å². The predicted octanol–water partition coefficient (Wildman–Crippen LogP) is 6.30. The van der Waals surface area contributed by atoms with E-state index in [2.05, 4.69) is 16.4 Å². The van der Waals surface area contributed by atoms with E-state index in [0.29, 0.717) is 33.1 Å². The molecule has 0 bridgehead atoms. The number of para-hydroxylation sites is 1. The number of carbonyl (C=O) groups is 2. The Morgan fingerprint density at radius 2 is 1.60 bits per heavy atom. The highest BCUT2D eigenvalue weighted by molar-refractivity contribution is 8.00. The van der Waals surface area contributed by atoms with Crippen LogP contribution >= 0.6 is 11.8 Å². The van der Waals surface area contributed by atoms with Gasteiger partial charge in [0.1, 0.15) is 16.9 Å². The highest BCUT2D eigenvalue weighted by Crippen LogP contribution is 2.35. The molecule has 0 radical (unpaired) electrons. The normalized spacial score (nSPS) is 10.4. The summed E-state index contributed by atoms with van der Waals surface area (Å²) in [7, 11) is 0. The Kier molecular flexibility index (Phi) is 7.34. The molecule has 5 nitrogen and oxygen atoms in total. The van der Waals surface area contributed by atoms with Crippen LogP contribution in [-0.2, 0) is 0 Å². The lowest BCUT2D eigenvalue weighted by Crippen LogP contribution is -2.17. The number of ketones is 1. The van der Waals surface area contributed by atoms with Crippen molar-refractivity contribution in [1.82, 2.24) is 4.98 Å². The van der Waals surface area contributed by atoms with Crippen molar-refractivity contribution >= 4 is 29.1 Å². The van der Waals surface area contributed by atoms with Gasteiger partial charge in [0.25, 0.3) is 5.91 Å². The minimum absolute atomic E-state index is 0.0730. The number of nitriles is 1. The van der Waals surface area contributed by atoms with Crippen LogP contribution in [0.15, 0.2) is 90.0 Å². The Morgan fingerprint density at radius 1 is 0.971 bits per heavy atom. The third-order valence-electron chi connectivity index (χ3n) is 5.28. The van der Waals surface area contributed by atoms with Crippen molar-refractivity contribution in [3.63, 3.8) is 0 Å². The third kappa shape index (κ3) is 5.45. The van der Waals surface area contributed by atoms with Gasteiger partial charge in [-0.2, -0.15) is 5.26 Å². The van der Waals surface area contributed by atoms with E-state index >= 15 is 0 Å². The molecule has 1 N–H and O–H groups in total. The zero-order chi connectivity index (χ0) is 24.8. The van der Waals surface area contributed by atoms with Crippen LogP contribution in [0.1, 0.15) is 32.0 Å². The van der Waals surface area contributed by atoms with Crippen LogP contribution in [0.25, 0.3) is 11.1 Å². The highest BCUT2D eigenvalue weighted by atomic mass is 32.2. The molecule has 0 unspecified atom stereocenters. The van der Waals surface area contributed by atoms with Crippen molar-refractivity contribution in [2.45, 2.75) is 11.9 Å².